The summed E-state index contributed by atoms with van der Waals surface area (Å²) in [5.41, 5.74) is 0. The second kappa shape index (κ2) is 2.37. The summed E-state index contributed by atoms with van der Waals surface area (Å²) in [6.07, 6.45) is 8.37. The average Bonchev–Trinajstić information content (AvgIpc) is 2.78. The molecular formula is C12H18. The Morgan fingerprint density at radius 2 is 2.58 bits per heavy atom. The van der Waals surface area contributed by atoms with Crippen molar-refractivity contribution >= 4 is 0 Å². The van der Waals surface area contributed by atoms with Gasteiger partial charge in [0.25, 0.3) is 0 Å². The molecular weight excluding hydrogens is 144 g/mol. The van der Waals surface area contributed by atoms with Crippen LogP contribution in [0.5, 0.6) is 0 Å². The molecule has 3 aliphatic rings. The molecule has 0 aliphatic heterocycles. The highest BCUT2D eigenvalue weighted by molar-refractivity contribution is 5.13. The normalized spacial score (nSPS) is 63.3. The maximum Gasteiger partial charge on any atom is 0.0272 e. The van der Waals surface area contributed by atoms with Crippen molar-refractivity contribution in [1.29, 1.82) is 0 Å². The number of fused-ring (bicyclic) bond motifs is 5. The number of hydrogen-bond acceptors (Lipinski definition) is 0. The summed E-state index contributed by atoms with van der Waals surface area (Å²) in [6.45, 7) is 0.518. The molecule has 0 unspecified atom stereocenters. The van der Waals surface area contributed by atoms with Gasteiger partial charge in [-0.25, -0.2) is 0 Å². The summed E-state index contributed by atoms with van der Waals surface area (Å²) >= 11 is 0. The Bertz CT molecular complexity index is 261. The van der Waals surface area contributed by atoms with E-state index in [4.69, 9.17) is 2.74 Å². The maximum atomic E-state index is 8.22. The van der Waals surface area contributed by atoms with Crippen molar-refractivity contribution in [1.82, 2.24) is 0 Å². The summed E-state index contributed by atoms with van der Waals surface area (Å²) in [5, 5.41) is 0. The van der Waals surface area contributed by atoms with Crippen LogP contribution in [0.4, 0.5) is 0 Å². The van der Waals surface area contributed by atoms with Crippen LogP contribution in [0, 0.1) is 29.6 Å². The Labute approximate surface area is 77.9 Å². The molecule has 0 N–H and O–H groups in total. The maximum absolute atomic E-state index is 8.22. The summed E-state index contributed by atoms with van der Waals surface area (Å²) in [5.74, 6) is 3.57. The second-order valence-electron chi connectivity index (χ2n) is 4.61. The monoisotopic (exact) mass is 164 g/mol. The first-order valence-electron chi connectivity index (χ1n) is 6.49. The van der Waals surface area contributed by atoms with Crippen LogP contribution in [-0.2, 0) is 0 Å². The minimum Gasteiger partial charge on any atom is -0.0879 e. The van der Waals surface area contributed by atoms with Crippen LogP contribution >= 0.6 is 0 Å². The number of rotatable bonds is 1. The molecule has 3 aliphatic carbocycles. The molecule has 0 radical (unpaired) electrons. The molecule has 0 heteroatoms. The molecule has 6 atom stereocenters. The van der Waals surface area contributed by atoms with E-state index in [9.17, 15) is 0 Å². The van der Waals surface area contributed by atoms with Gasteiger partial charge in [0.1, 0.15) is 0 Å². The lowest BCUT2D eigenvalue weighted by Gasteiger charge is -2.30. The van der Waals surface area contributed by atoms with Crippen LogP contribution in [0.15, 0.2) is 12.2 Å². The van der Waals surface area contributed by atoms with Gasteiger partial charge in [0, 0.05) is 2.74 Å². The topological polar surface area (TPSA) is 0 Å². The summed E-state index contributed by atoms with van der Waals surface area (Å²) < 4.78 is 15.5. The van der Waals surface area contributed by atoms with E-state index in [0.29, 0.717) is 18.7 Å². The lowest BCUT2D eigenvalue weighted by atomic mass is 9.75. The quantitative estimate of drug-likeness (QED) is 0.522. The van der Waals surface area contributed by atoms with Gasteiger partial charge in [0.15, 0.2) is 0 Å². The van der Waals surface area contributed by atoms with Crippen LogP contribution in [-0.4, -0.2) is 0 Å². The fourth-order valence-electron chi connectivity index (χ4n) is 3.71. The molecule has 0 aromatic heterocycles. The Morgan fingerprint density at radius 3 is 3.50 bits per heavy atom. The smallest absolute Gasteiger partial charge is 0.0272 e. The summed E-state index contributed by atoms with van der Waals surface area (Å²) in [4.78, 5) is 0. The minimum atomic E-state index is 0.159. The largest absolute Gasteiger partial charge is 0.0879 e. The molecule has 0 spiro atoms. The van der Waals surface area contributed by atoms with Crippen molar-refractivity contribution in [2.75, 3.05) is 0 Å². The van der Waals surface area contributed by atoms with Crippen LogP contribution < -0.4 is 0 Å². The van der Waals surface area contributed by atoms with E-state index in [1.165, 1.54) is 12.8 Å². The van der Waals surface area contributed by atoms with Crippen LogP contribution in [0.3, 0.4) is 0 Å². The standard InChI is InChI=1S/C12H18/c1-2-8-6-9-7-12(8)11-5-3-4-10(9)11/h3,5,8-12H,2,4,6-7H2,1H3/t8-,9-,10-,11-,12-/m1/s1/i1D,6D/t6-,8+,9+,10+,11+,12+/m0. The summed E-state index contributed by atoms with van der Waals surface area (Å²) in [6, 6.07) is 0. The third-order valence-corrected chi connectivity index (χ3v) is 4.23. The number of allylic oxidation sites excluding steroid dienone is 2. The molecule has 12 heavy (non-hydrogen) atoms. The van der Waals surface area contributed by atoms with Gasteiger partial charge < -0.3 is 0 Å². The number of hydrogen-bond donors (Lipinski definition) is 0. The van der Waals surface area contributed by atoms with Crippen molar-refractivity contribution in [3.05, 3.63) is 12.2 Å². The first-order chi connectivity index (χ1) is 6.83. The predicted molar refractivity (Wildman–Crippen MR) is 50.7 cm³/mol. The van der Waals surface area contributed by atoms with E-state index >= 15 is 0 Å². The lowest BCUT2D eigenvalue weighted by Crippen LogP contribution is -2.23. The van der Waals surface area contributed by atoms with E-state index in [-0.39, 0.29) is 6.40 Å². The van der Waals surface area contributed by atoms with Crippen LogP contribution in [0.25, 0.3) is 0 Å². The molecule has 2 bridgehead atoms. The highest BCUT2D eigenvalue weighted by atomic mass is 14.6. The Kier molecular flexibility index (Phi) is 1.08. The van der Waals surface area contributed by atoms with Crippen molar-refractivity contribution in [2.45, 2.75) is 32.6 Å². The van der Waals surface area contributed by atoms with Gasteiger partial charge in [-0.1, -0.05) is 25.5 Å². The highest BCUT2D eigenvalue weighted by Gasteiger charge is 2.51. The SMILES string of the molecule is [2H]CC[C@@H]1[C@H]([2H])[C@@H]2C[C@H]1[C@@H]1C=CC[C@@H]12. The lowest BCUT2D eigenvalue weighted by molar-refractivity contribution is 0.207. The van der Waals surface area contributed by atoms with Gasteiger partial charge in [-0.3, -0.25) is 0 Å². The van der Waals surface area contributed by atoms with Crippen LogP contribution in [0.2, 0.25) is 0 Å². The van der Waals surface area contributed by atoms with Gasteiger partial charge in [-0.2, -0.15) is 0 Å². The molecule has 2 fully saturated rings. The fourth-order valence-corrected chi connectivity index (χ4v) is 3.71. The fraction of sp³-hybridized carbons (Fsp3) is 0.833. The van der Waals surface area contributed by atoms with Crippen molar-refractivity contribution in [3.8, 4) is 0 Å². The van der Waals surface area contributed by atoms with Crippen LogP contribution in [0.1, 0.15) is 35.3 Å². The molecule has 0 saturated heterocycles. The molecule has 0 aromatic carbocycles. The van der Waals surface area contributed by atoms with E-state index in [2.05, 4.69) is 12.2 Å². The third kappa shape index (κ3) is 0.739. The van der Waals surface area contributed by atoms with Crippen molar-refractivity contribution in [3.63, 3.8) is 0 Å². The molecule has 2 saturated carbocycles. The highest BCUT2D eigenvalue weighted by Crippen LogP contribution is 2.59. The summed E-state index contributed by atoms with van der Waals surface area (Å²) in [7, 11) is 0. The average molecular weight is 164 g/mol. The van der Waals surface area contributed by atoms with E-state index in [1.807, 2.05) is 0 Å². The van der Waals surface area contributed by atoms with Crippen molar-refractivity contribution in [2.24, 2.45) is 29.6 Å². The van der Waals surface area contributed by atoms with Gasteiger partial charge in [0.2, 0.25) is 0 Å². The minimum absolute atomic E-state index is 0.159. The third-order valence-electron chi connectivity index (χ3n) is 4.23. The Hall–Kier alpha value is -0.260. The second-order valence-corrected chi connectivity index (χ2v) is 4.61. The zero-order valence-corrected chi connectivity index (χ0v) is 7.45. The van der Waals surface area contributed by atoms with Gasteiger partial charge >= 0.3 is 0 Å². The first-order valence-corrected chi connectivity index (χ1v) is 5.21. The van der Waals surface area contributed by atoms with Gasteiger partial charge in [-0.05, 0) is 48.8 Å². The van der Waals surface area contributed by atoms with Gasteiger partial charge in [0.05, 0.1) is 0 Å². The molecule has 0 nitrogen and oxygen atoms in total. The van der Waals surface area contributed by atoms with E-state index in [1.54, 1.807) is 0 Å². The Balaban J connectivity index is 1.83. The van der Waals surface area contributed by atoms with Crippen molar-refractivity contribution < 1.29 is 2.74 Å². The molecule has 66 valence electrons. The zero-order valence-electron chi connectivity index (χ0n) is 9.45. The van der Waals surface area contributed by atoms with E-state index < -0.39 is 0 Å². The molecule has 3 rings (SSSR count). The Morgan fingerprint density at radius 1 is 1.58 bits per heavy atom. The molecule has 0 heterocycles. The zero-order chi connectivity index (χ0) is 9.71. The van der Waals surface area contributed by atoms with E-state index in [0.717, 1.165) is 24.2 Å². The predicted octanol–water partition coefficient (Wildman–Crippen LogP) is 3.24. The van der Waals surface area contributed by atoms with Gasteiger partial charge in [-0.15, -0.1) is 0 Å². The molecule has 0 aromatic rings. The molecule has 0 amide bonds. The first kappa shape index (κ1) is 5.47.